The summed E-state index contributed by atoms with van der Waals surface area (Å²) in [4.78, 5) is 19.8. The summed E-state index contributed by atoms with van der Waals surface area (Å²) < 4.78 is 52.9. The Morgan fingerprint density at radius 1 is 1.15 bits per heavy atom. The van der Waals surface area contributed by atoms with E-state index in [9.17, 15) is 22.4 Å². The van der Waals surface area contributed by atoms with E-state index >= 15 is 0 Å². The van der Waals surface area contributed by atoms with Crippen molar-refractivity contribution in [1.29, 1.82) is 0 Å². The highest BCUT2D eigenvalue weighted by Crippen LogP contribution is 2.37. The maximum absolute atomic E-state index is 14.1. The Morgan fingerprint density at radius 3 is 2.41 bits per heavy atom. The number of urea groups is 1. The van der Waals surface area contributed by atoms with E-state index in [4.69, 9.17) is 11.5 Å². The first-order valence-electron chi connectivity index (χ1n) is 7.04. The maximum atomic E-state index is 14.1. The average Bonchev–Trinajstić information content (AvgIpc) is 3.05. The molecule has 2 amide bonds. The number of alkyl halides is 3. The van der Waals surface area contributed by atoms with Gasteiger partial charge in [0.05, 0.1) is 11.3 Å². The number of anilines is 3. The molecule has 4 N–H and O–H groups in total. The highest BCUT2D eigenvalue weighted by molar-refractivity contribution is 7.18. The molecule has 0 aliphatic rings. The number of hydrogen-bond acceptors (Lipinski definition) is 7. The Labute approximate surface area is 152 Å². The van der Waals surface area contributed by atoms with E-state index in [2.05, 4.69) is 20.2 Å². The third kappa shape index (κ3) is 3.76. The molecule has 0 spiro atoms. The lowest BCUT2D eigenvalue weighted by molar-refractivity contribution is -0.137. The normalized spacial score (nSPS) is 11.4. The van der Waals surface area contributed by atoms with Crippen LogP contribution in [-0.2, 0) is 6.18 Å². The number of rotatable bonds is 3. The van der Waals surface area contributed by atoms with Crippen LogP contribution in [0.3, 0.4) is 0 Å². The number of amides is 2. The molecule has 27 heavy (non-hydrogen) atoms. The Kier molecular flexibility index (Phi) is 4.61. The second-order valence-corrected chi connectivity index (χ2v) is 6.01. The van der Waals surface area contributed by atoms with Gasteiger partial charge in [-0.1, -0.05) is 11.3 Å². The van der Waals surface area contributed by atoms with Crippen molar-refractivity contribution in [1.82, 2.24) is 20.2 Å². The molecule has 0 saturated carbocycles. The van der Waals surface area contributed by atoms with Gasteiger partial charge in [-0.15, -0.1) is 10.2 Å². The number of nitrogen functional groups attached to an aromatic ring is 1. The van der Waals surface area contributed by atoms with Crippen molar-refractivity contribution in [2.75, 3.05) is 10.6 Å². The molecule has 13 heteroatoms. The zero-order chi connectivity index (χ0) is 19.8. The molecule has 0 unspecified atom stereocenters. The SMILES string of the molecule is NC(=O)N(c1nnc(-c2cnc(N)nc2)s1)c1cc(C(F)(F)F)ccc1F. The Balaban J connectivity index is 2.05. The summed E-state index contributed by atoms with van der Waals surface area (Å²) in [5, 5.41) is 7.50. The zero-order valence-corrected chi connectivity index (χ0v) is 13.9. The average molecular weight is 399 g/mol. The third-order valence-corrected chi connectivity index (χ3v) is 4.22. The minimum Gasteiger partial charge on any atom is -0.368 e. The largest absolute Gasteiger partial charge is 0.416 e. The number of nitrogens with two attached hydrogens (primary N) is 2. The fourth-order valence-corrected chi connectivity index (χ4v) is 2.89. The summed E-state index contributed by atoms with van der Waals surface area (Å²) in [7, 11) is 0. The van der Waals surface area contributed by atoms with Gasteiger partial charge in [-0.25, -0.2) is 24.1 Å². The number of benzene rings is 1. The highest BCUT2D eigenvalue weighted by Gasteiger charge is 2.33. The van der Waals surface area contributed by atoms with Crippen LogP contribution in [0.15, 0.2) is 30.6 Å². The van der Waals surface area contributed by atoms with Crippen LogP contribution < -0.4 is 16.4 Å². The number of nitrogens with zero attached hydrogens (tertiary/aromatic N) is 5. The Hall–Kier alpha value is -3.35. The standard InChI is InChI=1S/C14H9F4N7OS/c15-8-2-1-7(14(16,17)18)3-9(8)25(12(20)26)13-24-23-10(27-13)6-4-21-11(19)22-5-6/h1-5H,(H2,20,26)(H2,19,21,22). The molecule has 0 aliphatic carbocycles. The van der Waals surface area contributed by atoms with E-state index in [1.54, 1.807) is 0 Å². The quantitative estimate of drug-likeness (QED) is 0.653. The summed E-state index contributed by atoms with van der Waals surface area (Å²) >= 11 is 0.779. The van der Waals surface area contributed by atoms with Crippen LogP contribution in [0, 0.1) is 5.82 Å². The van der Waals surface area contributed by atoms with Gasteiger partial charge >= 0.3 is 12.2 Å². The summed E-state index contributed by atoms with van der Waals surface area (Å²) in [5.41, 5.74) is 9.15. The number of primary amides is 1. The second kappa shape index (κ2) is 6.75. The van der Waals surface area contributed by atoms with E-state index < -0.39 is 29.3 Å². The Morgan fingerprint density at radius 2 is 1.81 bits per heavy atom. The van der Waals surface area contributed by atoms with E-state index in [0.717, 1.165) is 11.3 Å². The lowest BCUT2D eigenvalue weighted by Crippen LogP contribution is -2.32. The summed E-state index contributed by atoms with van der Waals surface area (Å²) in [6, 6.07) is 0.372. The predicted octanol–water partition coefficient (Wildman–Crippen LogP) is 2.95. The van der Waals surface area contributed by atoms with Gasteiger partial charge in [0, 0.05) is 18.0 Å². The summed E-state index contributed by atoms with van der Waals surface area (Å²) in [5.74, 6) is -1.07. The number of aromatic nitrogens is 4. The molecule has 140 valence electrons. The van der Waals surface area contributed by atoms with Crippen LogP contribution in [0.1, 0.15) is 5.56 Å². The van der Waals surface area contributed by atoms with Gasteiger partial charge in [0.25, 0.3) is 0 Å². The van der Waals surface area contributed by atoms with Crippen LogP contribution >= 0.6 is 11.3 Å². The molecule has 2 heterocycles. The van der Waals surface area contributed by atoms with Gasteiger partial charge in [-0.2, -0.15) is 13.2 Å². The third-order valence-electron chi connectivity index (χ3n) is 3.26. The Bertz CT molecular complexity index is 990. The molecule has 2 aromatic heterocycles. The number of halogens is 4. The lowest BCUT2D eigenvalue weighted by Gasteiger charge is -2.19. The van der Waals surface area contributed by atoms with Crippen LogP contribution in [0.2, 0.25) is 0 Å². The maximum Gasteiger partial charge on any atom is 0.416 e. The van der Waals surface area contributed by atoms with Gasteiger partial charge in [-0.05, 0) is 18.2 Å². The smallest absolute Gasteiger partial charge is 0.368 e. The van der Waals surface area contributed by atoms with Crippen molar-refractivity contribution in [2.24, 2.45) is 5.73 Å². The van der Waals surface area contributed by atoms with E-state index in [1.807, 2.05) is 0 Å². The number of hydrogen-bond donors (Lipinski definition) is 2. The zero-order valence-electron chi connectivity index (χ0n) is 13.1. The van der Waals surface area contributed by atoms with Gasteiger partial charge in [0.2, 0.25) is 11.1 Å². The molecule has 0 radical (unpaired) electrons. The molecule has 0 bridgehead atoms. The second-order valence-electron chi connectivity index (χ2n) is 5.06. The van der Waals surface area contributed by atoms with Crippen LogP contribution in [0.25, 0.3) is 10.6 Å². The fraction of sp³-hybridized carbons (Fsp3) is 0.0714. The van der Waals surface area contributed by atoms with Gasteiger partial charge < -0.3 is 11.5 Å². The first-order valence-corrected chi connectivity index (χ1v) is 7.86. The lowest BCUT2D eigenvalue weighted by atomic mass is 10.1. The van der Waals surface area contributed by atoms with Crippen LogP contribution in [0.5, 0.6) is 0 Å². The highest BCUT2D eigenvalue weighted by atomic mass is 32.1. The van der Waals surface area contributed by atoms with E-state index in [1.165, 1.54) is 12.4 Å². The molecule has 0 fully saturated rings. The molecule has 3 aromatic rings. The summed E-state index contributed by atoms with van der Waals surface area (Å²) in [6.45, 7) is 0. The van der Waals surface area contributed by atoms with Crippen molar-refractivity contribution in [2.45, 2.75) is 6.18 Å². The van der Waals surface area contributed by atoms with Gasteiger partial charge in [0.1, 0.15) is 5.82 Å². The molecule has 0 atom stereocenters. The monoisotopic (exact) mass is 399 g/mol. The van der Waals surface area contributed by atoms with Crippen LogP contribution in [0.4, 0.5) is 39.1 Å². The van der Waals surface area contributed by atoms with Crippen molar-refractivity contribution < 1.29 is 22.4 Å². The van der Waals surface area contributed by atoms with Crippen molar-refractivity contribution >= 4 is 34.1 Å². The van der Waals surface area contributed by atoms with Crippen molar-refractivity contribution in [3.63, 3.8) is 0 Å². The minimum atomic E-state index is -4.74. The predicted molar refractivity (Wildman–Crippen MR) is 88.5 cm³/mol. The molecular formula is C14H9F4N7OS. The van der Waals surface area contributed by atoms with Crippen molar-refractivity contribution in [3.8, 4) is 10.6 Å². The molecule has 0 aliphatic heterocycles. The summed E-state index contributed by atoms with van der Waals surface area (Å²) in [6.07, 6.45) is -2.06. The van der Waals surface area contributed by atoms with Crippen molar-refractivity contribution in [3.05, 3.63) is 42.0 Å². The molecule has 8 nitrogen and oxygen atoms in total. The fourth-order valence-electron chi connectivity index (χ4n) is 2.05. The molecule has 3 rings (SSSR count). The number of carbonyl (C=O) groups excluding carboxylic acids is 1. The van der Waals surface area contributed by atoms with E-state index in [-0.39, 0.29) is 16.1 Å². The van der Waals surface area contributed by atoms with Crippen LogP contribution in [-0.4, -0.2) is 26.2 Å². The first kappa shape index (κ1) is 18.4. The van der Waals surface area contributed by atoms with Gasteiger partial charge in [0.15, 0.2) is 5.01 Å². The topological polar surface area (TPSA) is 124 Å². The molecular weight excluding hydrogens is 390 g/mol. The minimum absolute atomic E-state index is 0.0216. The number of carbonyl (C=O) groups is 1. The van der Waals surface area contributed by atoms with Gasteiger partial charge in [-0.3, -0.25) is 0 Å². The first-order chi connectivity index (χ1) is 12.7. The molecule has 0 saturated heterocycles. The van der Waals surface area contributed by atoms with E-state index in [0.29, 0.717) is 28.7 Å². The molecule has 1 aromatic carbocycles.